The zero-order valence-corrected chi connectivity index (χ0v) is 9.28. The molecule has 0 bridgehead atoms. The number of nitrogens with zero attached hydrogens (tertiary/aromatic N) is 5. The molecule has 4 rings (SSSR count). The average molecular weight is 239 g/mol. The summed E-state index contributed by atoms with van der Waals surface area (Å²) >= 11 is 0. The molecule has 88 valence electrons. The fourth-order valence-corrected chi connectivity index (χ4v) is 1.48. The number of rotatable bonds is 0. The van der Waals surface area contributed by atoms with Crippen LogP contribution in [0, 0.1) is 0 Å². The van der Waals surface area contributed by atoms with E-state index in [1.165, 1.54) is 12.7 Å². The van der Waals surface area contributed by atoms with Crippen molar-refractivity contribution in [1.29, 1.82) is 0 Å². The van der Waals surface area contributed by atoms with Crippen LogP contribution in [0.5, 0.6) is 0 Å². The summed E-state index contributed by atoms with van der Waals surface area (Å²) < 4.78 is 0. The molecular weight excluding hydrogens is 230 g/mol. The summed E-state index contributed by atoms with van der Waals surface area (Å²) in [7, 11) is 0. The molecule has 2 N–H and O–H groups in total. The molecule has 4 aromatic rings. The Balaban J connectivity index is 0.000000111. The van der Waals surface area contributed by atoms with E-state index >= 15 is 0 Å². The van der Waals surface area contributed by atoms with Gasteiger partial charge in [-0.25, -0.2) is 24.9 Å². The van der Waals surface area contributed by atoms with Gasteiger partial charge in [-0.15, -0.1) is 0 Å². The van der Waals surface area contributed by atoms with Gasteiger partial charge in [0.2, 0.25) is 0 Å². The Morgan fingerprint density at radius 3 is 2.67 bits per heavy atom. The molecule has 0 aliphatic carbocycles. The van der Waals surface area contributed by atoms with Gasteiger partial charge in [0.15, 0.2) is 5.65 Å². The van der Waals surface area contributed by atoms with Crippen LogP contribution < -0.4 is 0 Å². The second-order valence-electron chi connectivity index (χ2n) is 3.47. The second-order valence-corrected chi connectivity index (χ2v) is 3.47. The number of hydrogen-bond acceptors (Lipinski definition) is 5. The number of aromatic nitrogens is 7. The summed E-state index contributed by atoms with van der Waals surface area (Å²) in [6.07, 6.45) is 9.91. The van der Waals surface area contributed by atoms with Crippen LogP contribution in [0.15, 0.2) is 43.6 Å². The monoisotopic (exact) mass is 239 g/mol. The molecule has 0 amide bonds. The highest BCUT2D eigenvalue weighted by atomic mass is 15.0. The highest BCUT2D eigenvalue weighted by Gasteiger charge is 1.91. The third-order valence-electron chi connectivity index (χ3n) is 2.32. The Hall–Kier alpha value is -2.83. The van der Waals surface area contributed by atoms with Crippen molar-refractivity contribution >= 4 is 22.2 Å². The molecule has 0 unspecified atom stereocenters. The van der Waals surface area contributed by atoms with Crippen LogP contribution in [0.2, 0.25) is 0 Å². The lowest BCUT2D eigenvalue weighted by Crippen LogP contribution is -1.76. The first-order chi connectivity index (χ1) is 8.93. The van der Waals surface area contributed by atoms with E-state index in [-0.39, 0.29) is 0 Å². The molecule has 0 saturated heterocycles. The first-order valence-corrected chi connectivity index (χ1v) is 5.25. The lowest BCUT2D eigenvalue weighted by Gasteiger charge is -1.81. The second kappa shape index (κ2) is 4.58. The molecule has 0 atom stereocenters. The van der Waals surface area contributed by atoms with Gasteiger partial charge in [-0.1, -0.05) is 0 Å². The van der Waals surface area contributed by atoms with Gasteiger partial charge in [0.25, 0.3) is 0 Å². The minimum absolute atomic E-state index is 0.713. The molecule has 7 nitrogen and oxygen atoms in total. The maximum atomic E-state index is 3.97. The molecule has 0 aliphatic rings. The Bertz CT molecular complexity index is 631. The third kappa shape index (κ3) is 2.01. The van der Waals surface area contributed by atoms with Crippen LogP contribution in [-0.2, 0) is 0 Å². The molecule has 4 aromatic heterocycles. The molecule has 4 heterocycles. The van der Waals surface area contributed by atoms with Crippen molar-refractivity contribution in [2.45, 2.75) is 0 Å². The smallest absolute Gasteiger partial charge is 0.180 e. The van der Waals surface area contributed by atoms with Crippen molar-refractivity contribution in [1.82, 2.24) is 34.9 Å². The molecule has 7 heteroatoms. The summed E-state index contributed by atoms with van der Waals surface area (Å²) in [6, 6.07) is 1.94. The van der Waals surface area contributed by atoms with Crippen LogP contribution in [0.4, 0.5) is 0 Å². The summed E-state index contributed by atoms with van der Waals surface area (Å²) in [5.41, 5.74) is 2.48. The molecule has 0 radical (unpaired) electrons. The van der Waals surface area contributed by atoms with E-state index in [9.17, 15) is 0 Å². The van der Waals surface area contributed by atoms with E-state index in [1.54, 1.807) is 18.7 Å². The van der Waals surface area contributed by atoms with E-state index in [0.29, 0.717) is 5.65 Å². The molecule has 0 aliphatic heterocycles. The Labute approximate surface area is 101 Å². The van der Waals surface area contributed by atoms with Crippen molar-refractivity contribution in [2.24, 2.45) is 0 Å². The number of aromatic amines is 2. The maximum absolute atomic E-state index is 3.97. The average Bonchev–Trinajstić information content (AvgIpc) is 3.08. The standard InChI is InChI=1S/C6H5N3.C5H4N4/c1-2-8-6-5(1)3-7-4-9-6;1-4-5(8-2-6-1)9-3-7-4/h1-4H,(H,7,8,9);1-3H,(H,6,7,8,9). The number of H-pyrrole nitrogens is 2. The lowest BCUT2D eigenvalue weighted by atomic mass is 10.4. The maximum Gasteiger partial charge on any atom is 0.180 e. The van der Waals surface area contributed by atoms with Crippen molar-refractivity contribution in [3.05, 3.63) is 43.6 Å². The van der Waals surface area contributed by atoms with Crippen LogP contribution in [-0.4, -0.2) is 34.9 Å². The largest absolute Gasteiger partial charge is 0.346 e. The minimum Gasteiger partial charge on any atom is -0.346 e. The predicted molar refractivity (Wildman–Crippen MR) is 65.6 cm³/mol. The van der Waals surface area contributed by atoms with Crippen molar-refractivity contribution < 1.29 is 0 Å². The van der Waals surface area contributed by atoms with Crippen LogP contribution in [0.25, 0.3) is 22.2 Å². The van der Waals surface area contributed by atoms with Crippen LogP contribution >= 0.6 is 0 Å². The van der Waals surface area contributed by atoms with Crippen molar-refractivity contribution in [3.8, 4) is 0 Å². The highest BCUT2D eigenvalue weighted by Crippen LogP contribution is 2.03. The highest BCUT2D eigenvalue weighted by molar-refractivity contribution is 5.73. The van der Waals surface area contributed by atoms with Gasteiger partial charge in [0, 0.05) is 17.8 Å². The topological polar surface area (TPSA) is 96.0 Å². The first-order valence-electron chi connectivity index (χ1n) is 5.25. The summed E-state index contributed by atoms with van der Waals surface area (Å²) in [4.78, 5) is 25.3. The lowest BCUT2D eigenvalue weighted by molar-refractivity contribution is 1.20. The van der Waals surface area contributed by atoms with E-state index in [2.05, 4.69) is 34.9 Å². The van der Waals surface area contributed by atoms with Crippen molar-refractivity contribution in [3.63, 3.8) is 0 Å². The van der Waals surface area contributed by atoms with Crippen LogP contribution in [0.1, 0.15) is 0 Å². The molecule has 18 heavy (non-hydrogen) atoms. The summed E-state index contributed by atoms with van der Waals surface area (Å²) in [6.45, 7) is 0. The zero-order chi connectivity index (χ0) is 12.2. The van der Waals surface area contributed by atoms with Gasteiger partial charge in [-0.2, -0.15) is 0 Å². The molecule has 0 saturated carbocycles. The first kappa shape index (κ1) is 10.3. The normalized spacial score (nSPS) is 10.2. The van der Waals surface area contributed by atoms with E-state index < -0.39 is 0 Å². The Morgan fingerprint density at radius 1 is 0.889 bits per heavy atom. The number of nitrogens with one attached hydrogen (secondary N) is 2. The van der Waals surface area contributed by atoms with Gasteiger partial charge < -0.3 is 9.97 Å². The predicted octanol–water partition coefficient (Wildman–Crippen LogP) is 1.31. The summed E-state index contributed by atoms with van der Waals surface area (Å²) in [5, 5.41) is 1.05. The van der Waals surface area contributed by atoms with E-state index in [4.69, 9.17) is 0 Å². The number of fused-ring (bicyclic) bond motifs is 2. The zero-order valence-electron chi connectivity index (χ0n) is 9.28. The summed E-state index contributed by atoms with van der Waals surface area (Å²) in [5.74, 6) is 0. The van der Waals surface area contributed by atoms with Gasteiger partial charge in [0.1, 0.15) is 23.8 Å². The molecule has 0 fully saturated rings. The SMILES string of the molecule is c1ncc2[nH]cnc2n1.c1ncc2cc[nH]c2n1. The molecule has 0 aromatic carbocycles. The molecular formula is C11H9N7. The van der Waals surface area contributed by atoms with Gasteiger partial charge >= 0.3 is 0 Å². The number of hydrogen-bond donors (Lipinski definition) is 2. The quantitative estimate of drug-likeness (QED) is 0.482. The fraction of sp³-hybridized carbons (Fsp3) is 0. The van der Waals surface area contributed by atoms with Crippen molar-refractivity contribution in [2.75, 3.05) is 0 Å². The number of imidazole rings is 1. The Kier molecular flexibility index (Phi) is 2.63. The van der Waals surface area contributed by atoms with Gasteiger partial charge in [-0.3, -0.25) is 0 Å². The van der Waals surface area contributed by atoms with E-state index in [1.807, 2.05) is 12.3 Å². The minimum atomic E-state index is 0.713. The van der Waals surface area contributed by atoms with Gasteiger partial charge in [0.05, 0.1) is 12.5 Å². The van der Waals surface area contributed by atoms with Crippen LogP contribution in [0.3, 0.4) is 0 Å². The fourth-order valence-electron chi connectivity index (χ4n) is 1.48. The van der Waals surface area contributed by atoms with Gasteiger partial charge in [-0.05, 0) is 6.07 Å². The Morgan fingerprint density at radius 2 is 1.78 bits per heavy atom. The molecule has 0 spiro atoms. The van der Waals surface area contributed by atoms with E-state index in [0.717, 1.165) is 16.6 Å². The third-order valence-corrected chi connectivity index (χ3v) is 2.32.